The van der Waals surface area contributed by atoms with E-state index in [2.05, 4.69) is 27.4 Å². The third-order valence-electron chi connectivity index (χ3n) is 3.52. The molecule has 0 saturated heterocycles. The highest BCUT2D eigenvalue weighted by molar-refractivity contribution is 5.92. The van der Waals surface area contributed by atoms with Gasteiger partial charge in [0.15, 0.2) is 5.69 Å². The third-order valence-corrected chi connectivity index (χ3v) is 3.52. The summed E-state index contributed by atoms with van der Waals surface area (Å²) >= 11 is 0. The molecule has 108 valence electrons. The predicted octanol–water partition coefficient (Wildman–Crippen LogP) is 2.53. The van der Waals surface area contributed by atoms with Crippen LogP contribution < -0.4 is 10.6 Å². The van der Waals surface area contributed by atoms with Gasteiger partial charge in [-0.25, -0.2) is 0 Å². The molecular weight excluding hydrogens is 252 g/mol. The molecule has 1 amide bonds. The van der Waals surface area contributed by atoms with Gasteiger partial charge < -0.3 is 10.6 Å². The number of carbonyl (C=O) groups is 1. The summed E-state index contributed by atoms with van der Waals surface area (Å²) < 4.78 is 0. The van der Waals surface area contributed by atoms with Crippen molar-refractivity contribution >= 4 is 11.7 Å². The van der Waals surface area contributed by atoms with Crippen LogP contribution in [0.4, 0.5) is 5.82 Å². The van der Waals surface area contributed by atoms with E-state index in [9.17, 15) is 4.79 Å². The maximum absolute atomic E-state index is 12.1. The first kappa shape index (κ1) is 14.5. The van der Waals surface area contributed by atoms with Crippen molar-refractivity contribution in [3.63, 3.8) is 0 Å². The summed E-state index contributed by atoms with van der Waals surface area (Å²) in [4.78, 5) is 12.1. The fourth-order valence-corrected chi connectivity index (χ4v) is 2.41. The van der Waals surface area contributed by atoms with Gasteiger partial charge in [-0.1, -0.05) is 31.8 Å². The second kappa shape index (κ2) is 7.62. The van der Waals surface area contributed by atoms with E-state index in [4.69, 9.17) is 0 Å². The van der Waals surface area contributed by atoms with Gasteiger partial charge in [0.05, 0.1) is 0 Å². The van der Waals surface area contributed by atoms with Gasteiger partial charge in [0.25, 0.3) is 5.91 Å². The van der Waals surface area contributed by atoms with E-state index in [1.165, 1.54) is 25.7 Å². The zero-order valence-electron chi connectivity index (χ0n) is 11.8. The third kappa shape index (κ3) is 4.33. The second-order valence-electron chi connectivity index (χ2n) is 5.14. The maximum Gasteiger partial charge on any atom is 0.272 e. The van der Waals surface area contributed by atoms with Crippen LogP contribution in [0, 0.1) is 0 Å². The van der Waals surface area contributed by atoms with E-state index in [-0.39, 0.29) is 11.9 Å². The maximum atomic E-state index is 12.1. The van der Waals surface area contributed by atoms with Gasteiger partial charge in [-0.15, -0.1) is 16.8 Å². The SMILES string of the molecule is C=CCNc1ccc(C(=O)NC2CCCCCC2)nn1. The largest absolute Gasteiger partial charge is 0.365 e. The number of amides is 1. The number of anilines is 1. The Bertz CT molecular complexity index is 436. The number of hydrogen-bond donors (Lipinski definition) is 2. The first-order chi connectivity index (χ1) is 9.79. The zero-order chi connectivity index (χ0) is 14.2. The Morgan fingerprint density at radius 1 is 1.25 bits per heavy atom. The molecule has 20 heavy (non-hydrogen) atoms. The van der Waals surface area contributed by atoms with Gasteiger partial charge in [-0.05, 0) is 25.0 Å². The van der Waals surface area contributed by atoms with Gasteiger partial charge in [-0.3, -0.25) is 4.79 Å². The first-order valence-corrected chi connectivity index (χ1v) is 7.29. The van der Waals surface area contributed by atoms with E-state index in [1.54, 1.807) is 18.2 Å². The molecule has 0 bridgehead atoms. The summed E-state index contributed by atoms with van der Waals surface area (Å²) in [6.45, 7) is 4.25. The second-order valence-corrected chi connectivity index (χ2v) is 5.14. The van der Waals surface area contributed by atoms with Crippen molar-refractivity contribution in [2.75, 3.05) is 11.9 Å². The fourth-order valence-electron chi connectivity index (χ4n) is 2.41. The van der Waals surface area contributed by atoms with Crippen LogP contribution >= 0.6 is 0 Å². The Hall–Kier alpha value is -1.91. The molecule has 1 fully saturated rings. The average molecular weight is 274 g/mol. The molecule has 1 aliphatic rings. The van der Waals surface area contributed by atoms with Gasteiger partial charge in [0.2, 0.25) is 0 Å². The van der Waals surface area contributed by atoms with Crippen LogP contribution in [0.1, 0.15) is 49.0 Å². The molecule has 1 saturated carbocycles. The molecule has 1 aromatic heterocycles. The molecule has 0 unspecified atom stereocenters. The van der Waals surface area contributed by atoms with Crippen molar-refractivity contribution in [2.45, 2.75) is 44.6 Å². The van der Waals surface area contributed by atoms with Crippen molar-refractivity contribution in [2.24, 2.45) is 0 Å². The minimum Gasteiger partial charge on any atom is -0.365 e. The zero-order valence-corrected chi connectivity index (χ0v) is 11.8. The lowest BCUT2D eigenvalue weighted by atomic mass is 10.1. The average Bonchev–Trinajstić information content (AvgIpc) is 2.74. The lowest BCUT2D eigenvalue weighted by molar-refractivity contribution is 0.0927. The number of nitrogens with one attached hydrogen (secondary N) is 2. The molecule has 1 aliphatic carbocycles. The molecule has 5 nitrogen and oxygen atoms in total. The summed E-state index contributed by atoms with van der Waals surface area (Å²) in [5, 5.41) is 14.0. The molecule has 2 N–H and O–H groups in total. The Balaban J connectivity index is 1.89. The van der Waals surface area contributed by atoms with E-state index in [0.717, 1.165) is 12.8 Å². The molecule has 0 radical (unpaired) electrons. The van der Waals surface area contributed by atoms with Crippen LogP contribution in [0.5, 0.6) is 0 Å². The van der Waals surface area contributed by atoms with Gasteiger partial charge in [-0.2, -0.15) is 0 Å². The highest BCUT2D eigenvalue weighted by Crippen LogP contribution is 2.17. The lowest BCUT2D eigenvalue weighted by Gasteiger charge is -2.15. The van der Waals surface area contributed by atoms with Gasteiger partial charge in [0, 0.05) is 12.6 Å². The number of aromatic nitrogens is 2. The van der Waals surface area contributed by atoms with E-state index >= 15 is 0 Å². The summed E-state index contributed by atoms with van der Waals surface area (Å²) in [7, 11) is 0. The fraction of sp³-hybridized carbons (Fsp3) is 0.533. The van der Waals surface area contributed by atoms with Crippen LogP contribution in [0.2, 0.25) is 0 Å². The Kier molecular flexibility index (Phi) is 5.53. The highest BCUT2D eigenvalue weighted by atomic mass is 16.2. The van der Waals surface area contributed by atoms with Gasteiger partial charge in [0.1, 0.15) is 5.82 Å². The standard InChI is InChI=1S/C15H22N4O/c1-2-11-16-14-10-9-13(18-19-14)15(20)17-12-7-5-3-4-6-8-12/h2,9-10,12H,1,3-8,11H2,(H,16,19)(H,17,20). The van der Waals surface area contributed by atoms with E-state index in [1.807, 2.05) is 0 Å². The molecule has 0 atom stereocenters. The summed E-state index contributed by atoms with van der Waals surface area (Å²) in [5.41, 5.74) is 0.374. The van der Waals surface area contributed by atoms with E-state index in [0.29, 0.717) is 18.1 Å². The Morgan fingerprint density at radius 3 is 2.60 bits per heavy atom. The Morgan fingerprint density at radius 2 is 2.00 bits per heavy atom. The van der Waals surface area contributed by atoms with Gasteiger partial charge >= 0.3 is 0 Å². The summed E-state index contributed by atoms with van der Waals surface area (Å²) in [5.74, 6) is 0.524. The highest BCUT2D eigenvalue weighted by Gasteiger charge is 2.16. The van der Waals surface area contributed by atoms with Crippen molar-refractivity contribution < 1.29 is 4.79 Å². The molecule has 1 heterocycles. The van der Waals surface area contributed by atoms with Crippen molar-refractivity contribution in [3.05, 3.63) is 30.5 Å². The molecule has 0 aromatic carbocycles. The smallest absolute Gasteiger partial charge is 0.272 e. The normalized spacial score (nSPS) is 16.2. The lowest BCUT2D eigenvalue weighted by Crippen LogP contribution is -2.35. The van der Waals surface area contributed by atoms with Crippen molar-refractivity contribution in [1.82, 2.24) is 15.5 Å². The minimum atomic E-state index is -0.125. The molecule has 0 spiro atoms. The summed E-state index contributed by atoms with van der Waals surface area (Å²) in [6.07, 6.45) is 8.82. The summed E-state index contributed by atoms with van der Waals surface area (Å²) in [6, 6.07) is 3.74. The number of rotatable bonds is 5. The van der Waals surface area contributed by atoms with Crippen LogP contribution in [-0.4, -0.2) is 28.7 Å². The van der Waals surface area contributed by atoms with E-state index < -0.39 is 0 Å². The topological polar surface area (TPSA) is 66.9 Å². The number of carbonyl (C=O) groups excluding carboxylic acids is 1. The quantitative estimate of drug-likeness (QED) is 0.639. The van der Waals surface area contributed by atoms with Crippen molar-refractivity contribution in [3.8, 4) is 0 Å². The first-order valence-electron chi connectivity index (χ1n) is 7.29. The van der Waals surface area contributed by atoms with Crippen LogP contribution in [0.3, 0.4) is 0 Å². The molecule has 0 aliphatic heterocycles. The Labute approximate surface area is 119 Å². The van der Waals surface area contributed by atoms with Crippen LogP contribution in [0.25, 0.3) is 0 Å². The molecule has 5 heteroatoms. The predicted molar refractivity (Wildman–Crippen MR) is 79.7 cm³/mol. The monoisotopic (exact) mass is 274 g/mol. The van der Waals surface area contributed by atoms with Crippen molar-refractivity contribution in [1.29, 1.82) is 0 Å². The number of hydrogen-bond acceptors (Lipinski definition) is 4. The number of nitrogens with zero attached hydrogens (tertiary/aromatic N) is 2. The minimum absolute atomic E-state index is 0.125. The molecular formula is C15H22N4O. The van der Waals surface area contributed by atoms with Crippen LogP contribution in [0.15, 0.2) is 24.8 Å². The molecule has 1 aromatic rings. The molecule has 2 rings (SSSR count). The van der Waals surface area contributed by atoms with Crippen LogP contribution in [-0.2, 0) is 0 Å².